The van der Waals surface area contributed by atoms with Gasteiger partial charge in [-0.1, -0.05) is 65.3 Å². The van der Waals surface area contributed by atoms with Crippen LogP contribution in [0.2, 0.25) is 0 Å². The molecule has 0 spiro atoms. The summed E-state index contributed by atoms with van der Waals surface area (Å²) in [5, 5.41) is 7.11. The minimum Gasteiger partial charge on any atom is -0.350 e. The van der Waals surface area contributed by atoms with Crippen LogP contribution in [0.3, 0.4) is 0 Å². The number of aromatic nitrogens is 1. The van der Waals surface area contributed by atoms with Gasteiger partial charge in [0.05, 0.1) is 0 Å². The number of nitrogens with zero attached hydrogens (tertiary/aromatic N) is 2. The lowest BCUT2D eigenvalue weighted by Crippen LogP contribution is -2.36. The molecule has 1 aliphatic heterocycles. The van der Waals surface area contributed by atoms with Crippen LogP contribution in [0.5, 0.6) is 0 Å². The van der Waals surface area contributed by atoms with Crippen LogP contribution in [0.4, 0.5) is 0 Å². The summed E-state index contributed by atoms with van der Waals surface area (Å²) < 4.78 is 5.27. The summed E-state index contributed by atoms with van der Waals surface area (Å²) >= 11 is 0. The molecule has 1 unspecified atom stereocenters. The van der Waals surface area contributed by atoms with E-state index in [9.17, 15) is 4.79 Å². The Morgan fingerprint density at radius 1 is 1.19 bits per heavy atom. The fourth-order valence-corrected chi connectivity index (χ4v) is 3.43. The smallest absolute Gasteiger partial charge is 0.290 e. The standard InChI is InChI=1S/C22H23N3O2/c1-16-7-9-18(10-8-16)20-13-21(27-24-20)22(26)23-19-11-12-25(15-19)14-17-5-3-2-4-6-17/h2-10,13,19H,11-12,14-15H2,1H3,(H,23,26). The van der Waals surface area contributed by atoms with Gasteiger partial charge >= 0.3 is 0 Å². The topological polar surface area (TPSA) is 58.4 Å². The number of benzene rings is 2. The molecule has 1 aliphatic rings. The minimum absolute atomic E-state index is 0.133. The van der Waals surface area contributed by atoms with Crippen molar-refractivity contribution in [2.45, 2.75) is 25.9 Å². The van der Waals surface area contributed by atoms with Crippen LogP contribution in [0.15, 0.2) is 65.2 Å². The third kappa shape index (κ3) is 4.26. The maximum atomic E-state index is 12.5. The Morgan fingerprint density at radius 2 is 1.96 bits per heavy atom. The molecule has 5 heteroatoms. The summed E-state index contributed by atoms with van der Waals surface area (Å²) in [6.45, 7) is 4.77. The molecule has 2 aromatic carbocycles. The molecule has 1 saturated heterocycles. The zero-order valence-corrected chi connectivity index (χ0v) is 15.4. The van der Waals surface area contributed by atoms with Gasteiger partial charge in [0.25, 0.3) is 5.91 Å². The quantitative estimate of drug-likeness (QED) is 0.754. The largest absolute Gasteiger partial charge is 0.350 e. The summed E-state index contributed by atoms with van der Waals surface area (Å²) in [7, 11) is 0. The molecule has 1 amide bonds. The molecule has 2 heterocycles. The van der Waals surface area contributed by atoms with Gasteiger partial charge < -0.3 is 9.84 Å². The third-order valence-corrected chi connectivity index (χ3v) is 4.94. The Labute approximate surface area is 159 Å². The zero-order valence-electron chi connectivity index (χ0n) is 15.4. The predicted octanol–water partition coefficient (Wildman–Crippen LogP) is 3.65. The van der Waals surface area contributed by atoms with E-state index in [1.807, 2.05) is 37.3 Å². The van der Waals surface area contributed by atoms with Crippen molar-refractivity contribution < 1.29 is 9.32 Å². The first kappa shape index (κ1) is 17.5. The second-order valence-electron chi connectivity index (χ2n) is 7.12. The summed E-state index contributed by atoms with van der Waals surface area (Å²) in [6.07, 6.45) is 0.942. The van der Waals surface area contributed by atoms with E-state index in [0.717, 1.165) is 31.6 Å². The van der Waals surface area contributed by atoms with E-state index < -0.39 is 0 Å². The van der Waals surface area contributed by atoms with Gasteiger partial charge in [-0.05, 0) is 18.9 Å². The lowest BCUT2D eigenvalue weighted by molar-refractivity contribution is 0.0900. The molecule has 5 nitrogen and oxygen atoms in total. The van der Waals surface area contributed by atoms with Gasteiger partial charge in [-0.3, -0.25) is 9.69 Å². The highest BCUT2D eigenvalue weighted by Crippen LogP contribution is 2.20. The van der Waals surface area contributed by atoms with Gasteiger partial charge in [0.2, 0.25) is 5.76 Å². The van der Waals surface area contributed by atoms with Crippen molar-refractivity contribution in [3.05, 3.63) is 77.6 Å². The normalized spacial score (nSPS) is 17.1. The zero-order chi connectivity index (χ0) is 18.6. The Bertz CT molecular complexity index is 903. The molecule has 4 rings (SSSR count). The highest BCUT2D eigenvalue weighted by Gasteiger charge is 2.25. The van der Waals surface area contributed by atoms with Crippen molar-refractivity contribution >= 4 is 5.91 Å². The number of rotatable bonds is 5. The van der Waals surface area contributed by atoms with Gasteiger partial charge in [0.1, 0.15) is 5.69 Å². The number of hydrogen-bond donors (Lipinski definition) is 1. The van der Waals surface area contributed by atoms with E-state index in [2.05, 4.69) is 39.6 Å². The Kier molecular flexibility index (Phi) is 5.03. The van der Waals surface area contributed by atoms with Gasteiger partial charge in [0, 0.05) is 37.3 Å². The fourth-order valence-electron chi connectivity index (χ4n) is 3.43. The van der Waals surface area contributed by atoms with Gasteiger partial charge in [-0.25, -0.2) is 0 Å². The van der Waals surface area contributed by atoms with Crippen molar-refractivity contribution in [3.8, 4) is 11.3 Å². The molecule has 1 fully saturated rings. The molecular weight excluding hydrogens is 338 g/mol. The minimum atomic E-state index is -0.201. The predicted molar refractivity (Wildman–Crippen MR) is 104 cm³/mol. The summed E-state index contributed by atoms with van der Waals surface area (Å²) in [4.78, 5) is 14.9. The molecule has 0 radical (unpaired) electrons. The molecule has 0 bridgehead atoms. The lowest BCUT2D eigenvalue weighted by atomic mass is 10.1. The average molecular weight is 361 g/mol. The number of carbonyl (C=O) groups is 1. The number of aryl methyl sites for hydroxylation is 1. The highest BCUT2D eigenvalue weighted by atomic mass is 16.5. The van der Waals surface area contributed by atoms with Crippen LogP contribution < -0.4 is 5.32 Å². The van der Waals surface area contributed by atoms with E-state index in [4.69, 9.17) is 4.52 Å². The maximum absolute atomic E-state index is 12.5. The van der Waals surface area contributed by atoms with Crippen LogP contribution in [0.25, 0.3) is 11.3 Å². The number of likely N-dealkylation sites (tertiary alicyclic amines) is 1. The van der Waals surface area contributed by atoms with Crippen molar-refractivity contribution in [1.82, 2.24) is 15.4 Å². The molecule has 3 aromatic rings. The van der Waals surface area contributed by atoms with Crippen LogP contribution in [0.1, 0.15) is 28.1 Å². The van der Waals surface area contributed by atoms with E-state index in [0.29, 0.717) is 5.69 Å². The van der Waals surface area contributed by atoms with Gasteiger partial charge in [-0.15, -0.1) is 0 Å². The third-order valence-electron chi connectivity index (χ3n) is 4.94. The van der Waals surface area contributed by atoms with Crippen LogP contribution >= 0.6 is 0 Å². The van der Waals surface area contributed by atoms with E-state index in [1.165, 1.54) is 11.1 Å². The molecule has 1 N–H and O–H groups in total. The van der Waals surface area contributed by atoms with Crippen molar-refractivity contribution in [3.63, 3.8) is 0 Å². The van der Waals surface area contributed by atoms with Gasteiger partial charge in [0.15, 0.2) is 0 Å². The first-order valence-electron chi connectivity index (χ1n) is 9.28. The van der Waals surface area contributed by atoms with Crippen molar-refractivity contribution in [2.75, 3.05) is 13.1 Å². The second kappa shape index (κ2) is 7.76. The van der Waals surface area contributed by atoms with E-state index >= 15 is 0 Å². The Balaban J connectivity index is 1.34. The van der Waals surface area contributed by atoms with Gasteiger partial charge in [-0.2, -0.15) is 0 Å². The molecular formula is C22H23N3O2. The molecule has 1 atom stereocenters. The molecule has 138 valence electrons. The van der Waals surface area contributed by atoms with E-state index in [1.54, 1.807) is 6.07 Å². The fraction of sp³-hybridized carbons (Fsp3) is 0.273. The first-order valence-corrected chi connectivity index (χ1v) is 9.28. The number of carbonyl (C=O) groups excluding carboxylic acids is 1. The van der Waals surface area contributed by atoms with Crippen LogP contribution in [-0.2, 0) is 6.54 Å². The molecule has 27 heavy (non-hydrogen) atoms. The SMILES string of the molecule is Cc1ccc(-c2cc(C(=O)NC3CCN(Cc4ccccc4)C3)on2)cc1. The lowest BCUT2D eigenvalue weighted by Gasteiger charge is -2.16. The maximum Gasteiger partial charge on any atom is 0.290 e. The van der Waals surface area contributed by atoms with Crippen LogP contribution in [0, 0.1) is 6.92 Å². The number of amides is 1. The molecule has 0 aliphatic carbocycles. The first-order chi connectivity index (χ1) is 13.2. The average Bonchev–Trinajstić information content (AvgIpc) is 3.33. The summed E-state index contributed by atoms with van der Waals surface area (Å²) in [6, 6.07) is 20.2. The second-order valence-corrected chi connectivity index (χ2v) is 7.12. The molecule has 0 saturated carbocycles. The Morgan fingerprint density at radius 3 is 2.74 bits per heavy atom. The highest BCUT2D eigenvalue weighted by molar-refractivity contribution is 5.92. The summed E-state index contributed by atoms with van der Waals surface area (Å²) in [5.74, 6) is 0.0551. The monoisotopic (exact) mass is 361 g/mol. The number of nitrogens with one attached hydrogen (secondary N) is 1. The van der Waals surface area contributed by atoms with Crippen molar-refractivity contribution in [1.29, 1.82) is 0 Å². The Hall–Kier alpha value is -2.92. The summed E-state index contributed by atoms with van der Waals surface area (Å²) in [5.41, 5.74) is 4.10. The number of hydrogen-bond acceptors (Lipinski definition) is 4. The van der Waals surface area contributed by atoms with E-state index in [-0.39, 0.29) is 17.7 Å². The van der Waals surface area contributed by atoms with Crippen LogP contribution in [-0.4, -0.2) is 35.1 Å². The molecule has 1 aromatic heterocycles. The van der Waals surface area contributed by atoms with Crippen molar-refractivity contribution in [2.24, 2.45) is 0 Å².